The molecule has 0 unspecified atom stereocenters. The van der Waals surface area contributed by atoms with Crippen LogP contribution in [-0.4, -0.2) is 26.7 Å². The number of hydrogen-bond donors (Lipinski definition) is 1. The molecule has 1 fully saturated rings. The average Bonchev–Trinajstić information content (AvgIpc) is 2.46. The van der Waals surface area contributed by atoms with Crippen LogP contribution < -0.4 is 10.2 Å². The van der Waals surface area contributed by atoms with Crippen LogP contribution in [0.4, 0.5) is 18.9 Å². The first kappa shape index (κ1) is 15.6. The first-order valence-electron chi connectivity index (χ1n) is 6.95. The Kier molecular flexibility index (Phi) is 4.73. The van der Waals surface area contributed by atoms with Crippen molar-refractivity contribution in [3.8, 4) is 6.07 Å². The Bertz CT molecular complexity index is 528. The summed E-state index contributed by atoms with van der Waals surface area (Å²) in [5.41, 5.74) is -0.542. The summed E-state index contributed by atoms with van der Waals surface area (Å²) in [4.78, 5) is 1.93. The van der Waals surface area contributed by atoms with Crippen molar-refractivity contribution in [3.05, 3.63) is 29.3 Å². The SMILES string of the molecule is CN(CC1CCNCC1)c1ccc(C(F)(F)F)c(C#N)c1. The lowest BCUT2D eigenvalue weighted by Gasteiger charge is -2.29. The minimum absolute atomic E-state index is 0.322. The number of piperidine rings is 1. The van der Waals surface area contributed by atoms with Crippen molar-refractivity contribution in [1.82, 2.24) is 5.32 Å². The van der Waals surface area contributed by atoms with E-state index in [2.05, 4.69) is 5.32 Å². The van der Waals surface area contributed by atoms with E-state index in [-0.39, 0.29) is 5.56 Å². The Labute approximate surface area is 122 Å². The smallest absolute Gasteiger partial charge is 0.374 e. The van der Waals surface area contributed by atoms with Crippen molar-refractivity contribution < 1.29 is 13.2 Å². The third kappa shape index (κ3) is 3.88. The summed E-state index contributed by atoms with van der Waals surface area (Å²) in [5, 5.41) is 12.2. The van der Waals surface area contributed by atoms with E-state index in [0.29, 0.717) is 11.6 Å². The van der Waals surface area contributed by atoms with Crippen LogP contribution in [0.25, 0.3) is 0 Å². The summed E-state index contributed by atoms with van der Waals surface area (Å²) in [6, 6.07) is 5.40. The highest BCUT2D eigenvalue weighted by Crippen LogP contribution is 2.33. The number of nitriles is 1. The minimum atomic E-state index is -4.49. The molecule has 1 N–H and O–H groups in total. The van der Waals surface area contributed by atoms with Gasteiger partial charge in [0.05, 0.1) is 17.2 Å². The molecule has 0 aromatic heterocycles. The van der Waals surface area contributed by atoms with Gasteiger partial charge in [-0.15, -0.1) is 0 Å². The lowest BCUT2D eigenvalue weighted by molar-refractivity contribution is -0.137. The van der Waals surface area contributed by atoms with E-state index >= 15 is 0 Å². The molecule has 0 aliphatic carbocycles. The Hall–Kier alpha value is -1.74. The fourth-order valence-electron chi connectivity index (χ4n) is 2.67. The van der Waals surface area contributed by atoms with E-state index in [0.717, 1.165) is 38.5 Å². The Morgan fingerprint density at radius 2 is 2.00 bits per heavy atom. The molecular weight excluding hydrogens is 279 g/mol. The molecule has 0 spiro atoms. The first-order chi connectivity index (χ1) is 9.91. The first-order valence-corrected chi connectivity index (χ1v) is 6.95. The maximum atomic E-state index is 12.8. The van der Waals surface area contributed by atoms with Crippen molar-refractivity contribution in [2.24, 2.45) is 5.92 Å². The lowest BCUT2D eigenvalue weighted by atomic mass is 9.97. The van der Waals surface area contributed by atoms with Crippen molar-refractivity contribution in [2.45, 2.75) is 19.0 Å². The topological polar surface area (TPSA) is 39.1 Å². The summed E-state index contributed by atoms with van der Waals surface area (Å²) in [5.74, 6) is 0.532. The second-order valence-electron chi connectivity index (χ2n) is 5.41. The minimum Gasteiger partial charge on any atom is -0.374 e. The molecule has 0 atom stereocenters. The quantitative estimate of drug-likeness (QED) is 0.932. The van der Waals surface area contributed by atoms with Crippen molar-refractivity contribution in [3.63, 3.8) is 0 Å². The van der Waals surface area contributed by atoms with E-state index in [4.69, 9.17) is 5.26 Å². The van der Waals surface area contributed by atoms with Crippen molar-refractivity contribution >= 4 is 5.69 Å². The van der Waals surface area contributed by atoms with Crippen molar-refractivity contribution in [2.75, 3.05) is 31.6 Å². The normalized spacial score (nSPS) is 16.5. The van der Waals surface area contributed by atoms with Crippen LogP contribution in [0.1, 0.15) is 24.0 Å². The van der Waals surface area contributed by atoms with Gasteiger partial charge in [0.1, 0.15) is 0 Å². The van der Waals surface area contributed by atoms with Crippen LogP contribution in [0.5, 0.6) is 0 Å². The third-order valence-electron chi connectivity index (χ3n) is 3.86. The molecule has 0 saturated carbocycles. The standard InChI is InChI=1S/C15H18F3N3/c1-21(10-11-4-6-20-7-5-11)13-2-3-14(15(16,17)18)12(8-13)9-19/h2-3,8,11,20H,4-7,10H2,1H3. The summed E-state index contributed by atoms with van der Waals surface area (Å²) < 4.78 is 38.3. The highest BCUT2D eigenvalue weighted by atomic mass is 19.4. The number of anilines is 1. The zero-order valence-corrected chi connectivity index (χ0v) is 11.9. The predicted molar refractivity (Wildman–Crippen MR) is 75.0 cm³/mol. The molecule has 0 bridgehead atoms. The molecule has 1 aromatic rings. The van der Waals surface area contributed by atoms with Crippen LogP contribution in [0.2, 0.25) is 0 Å². The molecule has 1 aliphatic rings. The zero-order chi connectivity index (χ0) is 15.5. The maximum Gasteiger partial charge on any atom is 0.417 e. The van der Waals surface area contributed by atoms with Crippen LogP contribution >= 0.6 is 0 Å². The van der Waals surface area contributed by atoms with E-state index in [9.17, 15) is 13.2 Å². The number of hydrogen-bond acceptors (Lipinski definition) is 3. The number of rotatable bonds is 3. The number of nitrogens with zero attached hydrogens (tertiary/aromatic N) is 2. The summed E-state index contributed by atoms with van der Waals surface area (Å²) in [6.07, 6.45) is -2.36. The largest absolute Gasteiger partial charge is 0.417 e. The van der Waals surface area contributed by atoms with Gasteiger partial charge in [0, 0.05) is 19.3 Å². The Morgan fingerprint density at radius 3 is 2.57 bits per heavy atom. The van der Waals surface area contributed by atoms with Gasteiger partial charge in [0.2, 0.25) is 0 Å². The average molecular weight is 297 g/mol. The zero-order valence-electron chi connectivity index (χ0n) is 11.9. The van der Waals surface area contributed by atoms with Gasteiger partial charge < -0.3 is 10.2 Å². The van der Waals surface area contributed by atoms with Crippen molar-refractivity contribution in [1.29, 1.82) is 5.26 Å². The molecule has 1 aliphatic heterocycles. The number of nitrogens with one attached hydrogen (secondary N) is 1. The van der Waals surface area contributed by atoms with Gasteiger partial charge >= 0.3 is 6.18 Å². The Balaban J connectivity index is 2.14. The third-order valence-corrected chi connectivity index (χ3v) is 3.86. The van der Waals surface area contributed by atoms with E-state index in [1.54, 1.807) is 6.07 Å². The van der Waals surface area contributed by atoms with Crippen LogP contribution in [-0.2, 0) is 6.18 Å². The highest BCUT2D eigenvalue weighted by molar-refractivity contribution is 5.55. The molecule has 0 amide bonds. The van der Waals surface area contributed by atoms with Gasteiger partial charge in [0.15, 0.2) is 0 Å². The molecular formula is C15H18F3N3. The molecule has 21 heavy (non-hydrogen) atoms. The number of alkyl halides is 3. The van der Waals surface area contributed by atoms with E-state index in [1.165, 1.54) is 12.1 Å². The second kappa shape index (κ2) is 6.35. The Morgan fingerprint density at radius 1 is 1.33 bits per heavy atom. The molecule has 1 heterocycles. The fraction of sp³-hybridized carbons (Fsp3) is 0.533. The van der Waals surface area contributed by atoms with E-state index < -0.39 is 11.7 Å². The molecule has 0 radical (unpaired) electrons. The molecule has 114 valence electrons. The number of halogens is 3. The molecule has 1 aromatic carbocycles. The van der Waals surface area contributed by atoms with Crippen LogP contribution in [0.3, 0.4) is 0 Å². The number of benzene rings is 1. The second-order valence-corrected chi connectivity index (χ2v) is 5.41. The molecule has 3 nitrogen and oxygen atoms in total. The highest BCUT2D eigenvalue weighted by Gasteiger charge is 2.33. The van der Waals surface area contributed by atoms with Gasteiger partial charge in [-0.25, -0.2) is 0 Å². The van der Waals surface area contributed by atoms with Gasteiger partial charge in [-0.05, 0) is 50.0 Å². The lowest BCUT2D eigenvalue weighted by Crippen LogP contribution is -2.34. The van der Waals surface area contributed by atoms with Crippen LogP contribution in [0, 0.1) is 17.2 Å². The summed E-state index contributed by atoms with van der Waals surface area (Å²) in [7, 11) is 1.85. The van der Waals surface area contributed by atoms with E-state index in [1.807, 2.05) is 11.9 Å². The van der Waals surface area contributed by atoms with Gasteiger partial charge in [-0.2, -0.15) is 18.4 Å². The predicted octanol–water partition coefficient (Wildman–Crippen LogP) is 3.01. The molecule has 6 heteroatoms. The van der Waals surface area contributed by atoms with Crippen LogP contribution in [0.15, 0.2) is 18.2 Å². The fourth-order valence-corrected chi connectivity index (χ4v) is 2.67. The van der Waals surface area contributed by atoms with Gasteiger partial charge in [-0.3, -0.25) is 0 Å². The monoisotopic (exact) mass is 297 g/mol. The summed E-state index contributed by atoms with van der Waals surface area (Å²) in [6.45, 7) is 2.75. The van der Waals surface area contributed by atoms with Gasteiger partial charge in [-0.1, -0.05) is 0 Å². The maximum absolute atomic E-state index is 12.8. The van der Waals surface area contributed by atoms with Gasteiger partial charge in [0.25, 0.3) is 0 Å². The summed E-state index contributed by atoms with van der Waals surface area (Å²) >= 11 is 0. The molecule has 2 rings (SSSR count). The molecule has 1 saturated heterocycles.